The summed E-state index contributed by atoms with van der Waals surface area (Å²) in [6.07, 6.45) is 0. The van der Waals surface area contributed by atoms with Gasteiger partial charge in [-0.05, 0) is 43.3 Å². The van der Waals surface area contributed by atoms with Crippen LogP contribution in [0.5, 0.6) is 17.2 Å². The summed E-state index contributed by atoms with van der Waals surface area (Å²) in [5.41, 5.74) is 0.496. The van der Waals surface area contributed by atoms with Crippen LogP contribution in [0.1, 0.15) is 23.1 Å². The molecule has 1 atom stereocenters. The van der Waals surface area contributed by atoms with Crippen molar-refractivity contribution in [3.63, 3.8) is 0 Å². The number of ketones is 1. The van der Waals surface area contributed by atoms with Crippen LogP contribution < -0.4 is 19.1 Å². The Hall–Kier alpha value is -4.20. The lowest BCUT2D eigenvalue weighted by atomic mass is 9.98. The van der Waals surface area contributed by atoms with Crippen molar-refractivity contribution < 1.29 is 33.3 Å². The molecule has 1 aliphatic heterocycles. The van der Waals surface area contributed by atoms with Gasteiger partial charge in [-0.1, -0.05) is 12.1 Å². The highest BCUT2D eigenvalue weighted by Gasteiger charge is 2.49. The van der Waals surface area contributed by atoms with Crippen molar-refractivity contribution in [1.82, 2.24) is 0 Å². The van der Waals surface area contributed by atoms with Crippen molar-refractivity contribution in [1.29, 1.82) is 0 Å². The topological polar surface area (TPSA) is 98.4 Å². The number of carbonyl (C=O) groups is 2. The van der Waals surface area contributed by atoms with Crippen LogP contribution in [0.3, 0.4) is 0 Å². The van der Waals surface area contributed by atoms with Gasteiger partial charge in [-0.25, -0.2) is 0 Å². The monoisotopic (exact) mass is 449 g/mol. The number of hydrogen-bond acceptors (Lipinski definition) is 7. The molecule has 8 nitrogen and oxygen atoms in total. The molecule has 2 heterocycles. The first kappa shape index (κ1) is 22.0. The average Bonchev–Trinajstić information content (AvgIpc) is 3.38. The van der Waals surface area contributed by atoms with Crippen molar-refractivity contribution in [2.45, 2.75) is 13.0 Å². The Balaban J connectivity index is 1.97. The number of methoxy groups -OCH3 is 3. The van der Waals surface area contributed by atoms with Crippen LogP contribution >= 0.6 is 0 Å². The number of benzene rings is 2. The van der Waals surface area contributed by atoms with Gasteiger partial charge in [-0.15, -0.1) is 0 Å². The fourth-order valence-corrected chi connectivity index (χ4v) is 3.92. The molecule has 2 aromatic carbocycles. The van der Waals surface area contributed by atoms with E-state index in [2.05, 4.69) is 0 Å². The highest BCUT2D eigenvalue weighted by Crippen LogP contribution is 2.46. The van der Waals surface area contributed by atoms with Crippen molar-refractivity contribution >= 4 is 23.1 Å². The van der Waals surface area contributed by atoms with Crippen LogP contribution in [0.25, 0.3) is 5.76 Å². The highest BCUT2D eigenvalue weighted by atomic mass is 16.5. The Kier molecular flexibility index (Phi) is 5.83. The third-order valence-electron chi connectivity index (χ3n) is 5.48. The lowest BCUT2D eigenvalue weighted by Gasteiger charge is -2.25. The minimum Gasteiger partial charge on any atom is -0.507 e. The quantitative estimate of drug-likeness (QED) is 0.341. The van der Waals surface area contributed by atoms with Gasteiger partial charge in [-0.2, -0.15) is 0 Å². The molecule has 0 aliphatic carbocycles. The van der Waals surface area contributed by atoms with Crippen molar-refractivity contribution in [2.24, 2.45) is 0 Å². The van der Waals surface area contributed by atoms with Crippen LogP contribution in [-0.4, -0.2) is 38.1 Å². The molecule has 33 heavy (non-hydrogen) atoms. The molecule has 170 valence electrons. The van der Waals surface area contributed by atoms with E-state index in [1.54, 1.807) is 61.5 Å². The molecule has 1 amide bonds. The summed E-state index contributed by atoms with van der Waals surface area (Å²) >= 11 is 0. The molecule has 1 N–H and O–H groups in total. The van der Waals surface area contributed by atoms with Crippen molar-refractivity contribution in [3.05, 3.63) is 77.3 Å². The Morgan fingerprint density at radius 2 is 1.67 bits per heavy atom. The van der Waals surface area contributed by atoms with Gasteiger partial charge in [0.05, 0.1) is 38.2 Å². The molecule has 4 rings (SSSR count). The summed E-state index contributed by atoms with van der Waals surface area (Å²) < 4.78 is 21.8. The zero-order chi connectivity index (χ0) is 23.7. The minimum atomic E-state index is -1.01. The normalized spacial score (nSPS) is 17.3. The molecule has 0 bridgehead atoms. The number of carbonyl (C=O) groups excluding carboxylic acids is 2. The Morgan fingerprint density at radius 3 is 2.30 bits per heavy atom. The number of nitrogens with zero attached hydrogens (tertiary/aromatic N) is 1. The molecule has 1 unspecified atom stereocenters. The van der Waals surface area contributed by atoms with Crippen LogP contribution in [0.4, 0.5) is 5.69 Å². The van der Waals surface area contributed by atoms with E-state index in [0.29, 0.717) is 28.7 Å². The van der Waals surface area contributed by atoms with Gasteiger partial charge in [0, 0.05) is 6.07 Å². The first-order valence-electron chi connectivity index (χ1n) is 10.1. The standard InChI is InChI=1S/C25H23NO7/c1-14-9-12-19(33-14)22-21(23(27)16-11-10-15(30-2)13-20(16)32-4)24(28)25(29)26(22)17-7-5-6-8-18(17)31-3/h5-13,22,27H,1-4H3/b23-21-. The number of rotatable bonds is 6. The van der Waals surface area contributed by atoms with E-state index >= 15 is 0 Å². The molecule has 0 spiro atoms. The second-order valence-corrected chi connectivity index (χ2v) is 7.36. The molecule has 0 radical (unpaired) electrons. The van der Waals surface area contributed by atoms with Crippen molar-refractivity contribution in [2.75, 3.05) is 26.2 Å². The molecule has 1 fully saturated rings. The number of amides is 1. The summed E-state index contributed by atoms with van der Waals surface area (Å²) in [4.78, 5) is 27.8. The predicted octanol–water partition coefficient (Wildman–Crippen LogP) is 4.24. The van der Waals surface area contributed by atoms with Crippen LogP contribution in [0.15, 0.2) is 64.6 Å². The minimum absolute atomic E-state index is 0.122. The fourth-order valence-electron chi connectivity index (χ4n) is 3.92. The van der Waals surface area contributed by atoms with E-state index in [-0.39, 0.29) is 22.6 Å². The zero-order valence-corrected chi connectivity index (χ0v) is 18.6. The van der Waals surface area contributed by atoms with Gasteiger partial charge in [0.2, 0.25) is 0 Å². The van der Waals surface area contributed by atoms with Gasteiger partial charge >= 0.3 is 0 Å². The first-order valence-corrected chi connectivity index (χ1v) is 10.1. The van der Waals surface area contributed by atoms with E-state index in [1.807, 2.05) is 0 Å². The summed E-state index contributed by atoms with van der Waals surface area (Å²) in [7, 11) is 4.42. The molecule has 3 aromatic rings. The number of para-hydroxylation sites is 2. The lowest BCUT2D eigenvalue weighted by molar-refractivity contribution is -0.132. The Bertz CT molecular complexity index is 1260. The van der Waals surface area contributed by atoms with Gasteiger partial charge in [0.15, 0.2) is 0 Å². The highest BCUT2D eigenvalue weighted by molar-refractivity contribution is 6.51. The number of ether oxygens (including phenoxy) is 3. The molecular weight excluding hydrogens is 426 g/mol. The number of aryl methyl sites for hydroxylation is 1. The van der Waals surface area contributed by atoms with Gasteiger partial charge < -0.3 is 23.7 Å². The molecule has 8 heteroatoms. The number of aliphatic hydroxyl groups is 1. The van der Waals surface area contributed by atoms with Gasteiger partial charge in [0.25, 0.3) is 11.7 Å². The van der Waals surface area contributed by atoms with Crippen LogP contribution in [0, 0.1) is 6.92 Å². The second kappa shape index (κ2) is 8.74. The summed E-state index contributed by atoms with van der Waals surface area (Å²) in [5.74, 6) is 0.0620. The molecule has 1 saturated heterocycles. The van der Waals surface area contributed by atoms with Crippen LogP contribution in [-0.2, 0) is 9.59 Å². The van der Waals surface area contributed by atoms with E-state index < -0.39 is 17.7 Å². The van der Waals surface area contributed by atoms with Gasteiger partial charge in [-0.3, -0.25) is 14.5 Å². The lowest BCUT2D eigenvalue weighted by Crippen LogP contribution is -2.29. The second-order valence-electron chi connectivity index (χ2n) is 7.36. The molecule has 1 aromatic heterocycles. The largest absolute Gasteiger partial charge is 0.507 e. The maximum atomic E-state index is 13.3. The molecule has 1 aliphatic rings. The Labute approximate surface area is 190 Å². The summed E-state index contributed by atoms with van der Waals surface area (Å²) in [6.45, 7) is 1.76. The molecular formula is C25H23NO7. The molecule has 0 saturated carbocycles. The predicted molar refractivity (Wildman–Crippen MR) is 121 cm³/mol. The third-order valence-corrected chi connectivity index (χ3v) is 5.48. The average molecular weight is 449 g/mol. The Morgan fingerprint density at radius 1 is 0.939 bits per heavy atom. The SMILES string of the molecule is COc1ccc(/C(O)=C2/C(=O)C(=O)N(c3ccccc3OC)C2c2ccc(C)o2)c(OC)c1. The summed E-state index contributed by atoms with van der Waals surface area (Å²) in [5, 5.41) is 11.3. The maximum Gasteiger partial charge on any atom is 0.300 e. The third kappa shape index (κ3) is 3.69. The van der Waals surface area contributed by atoms with E-state index in [9.17, 15) is 14.7 Å². The fraction of sp³-hybridized carbons (Fsp3) is 0.200. The first-order chi connectivity index (χ1) is 15.9. The van der Waals surface area contributed by atoms with E-state index in [4.69, 9.17) is 18.6 Å². The number of Topliss-reactive ketones (excluding diaryl/α,β-unsaturated/α-hetero) is 1. The maximum absolute atomic E-state index is 13.3. The number of aliphatic hydroxyl groups excluding tert-OH is 1. The number of hydrogen-bond donors (Lipinski definition) is 1. The van der Waals surface area contributed by atoms with Gasteiger partial charge in [0.1, 0.15) is 40.6 Å². The smallest absolute Gasteiger partial charge is 0.300 e. The van der Waals surface area contributed by atoms with E-state index in [1.165, 1.54) is 26.2 Å². The van der Waals surface area contributed by atoms with Crippen LogP contribution in [0.2, 0.25) is 0 Å². The zero-order valence-electron chi connectivity index (χ0n) is 18.6. The number of furan rings is 1. The summed E-state index contributed by atoms with van der Waals surface area (Å²) in [6, 6.07) is 14.0. The number of anilines is 1. The van der Waals surface area contributed by atoms with E-state index in [0.717, 1.165) is 0 Å². The van der Waals surface area contributed by atoms with Crippen molar-refractivity contribution in [3.8, 4) is 17.2 Å².